The molecule has 130 valence electrons. The van der Waals surface area contributed by atoms with E-state index in [0.717, 1.165) is 9.54 Å². The van der Waals surface area contributed by atoms with Gasteiger partial charge in [0.25, 0.3) is 10.0 Å². The number of hydrogen-bond donors (Lipinski definition) is 2. The number of carboxylic acid groups (broad SMARTS) is 1. The topological polar surface area (TPSA) is 88.4 Å². The smallest absolute Gasteiger partial charge is 0.409 e. The molecule has 1 amide bonds. The number of anilines is 1. The molecule has 3 rings (SSSR count). The van der Waals surface area contributed by atoms with Gasteiger partial charge in [0.1, 0.15) is 0 Å². The van der Waals surface area contributed by atoms with E-state index in [1.54, 1.807) is 12.1 Å². The quantitative estimate of drug-likeness (QED) is 0.675. The Kier molecular flexibility index (Phi) is 4.40. The van der Waals surface area contributed by atoms with Crippen molar-refractivity contribution in [2.45, 2.75) is 11.8 Å². The summed E-state index contributed by atoms with van der Waals surface area (Å²) in [6.45, 7) is 1.85. The second kappa shape index (κ2) is 6.25. The Morgan fingerprint density at radius 3 is 2.40 bits per heavy atom. The molecule has 2 N–H and O–H groups in total. The zero-order valence-electron chi connectivity index (χ0n) is 12.8. The molecule has 0 saturated heterocycles. The second-order valence-corrected chi connectivity index (χ2v) is 7.94. The van der Waals surface area contributed by atoms with Gasteiger partial charge in [-0.3, -0.25) is 5.32 Å². The fraction of sp³-hybridized carbons (Fsp3) is 0.0625. The number of aromatic nitrogens is 1. The Labute approximate surface area is 153 Å². The van der Waals surface area contributed by atoms with E-state index in [-0.39, 0.29) is 26.1 Å². The van der Waals surface area contributed by atoms with Crippen LogP contribution in [0, 0.1) is 6.92 Å². The fourth-order valence-electron chi connectivity index (χ4n) is 2.47. The van der Waals surface area contributed by atoms with Gasteiger partial charge in [-0.1, -0.05) is 40.9 Å². The first kappa shape index (κ1) is 17.6. The molecule has 0 aliphatic carbocycles. The third kappa shape index (κ3) is 3.06. The lowest BCUT2D eigenvalue weighted by atomic mass is 10.2. The van der Waals surface area contributed by atoms with E-state index in [1.165, 1.54) is 30.5 Å². The van der Waals surface area contributed by atoms with Crippen LogP contribution in [0.2, 0.25) is 10.0 Å². The van der Waals surface area contributed by atoms with E-state index in [9.17, 15) is 13.2 Å². The third-order valence-corrected chi connectivity index (χ3v) is 6.12. The molecule has 1 aromatic heterocycles. The van der Waals surface area contributed by atoms with Gasteiger partial charge >= 0.3 is 6.09 Å². The lowest BCUT2D eigenvalue weighted by Gasteiger charge is -2.11. The van der Waals surface area contributed by atoms with Crippen LogP contribution in [0.5, 0.6) is 0 Å². The Hall–Kier alpha value is -2.22. The predicted molar refractivity (Wildman–Crippen MR) is 97.4 cm³/mol. The summed E-state index contributed by atoms with van der Waals surface area (Å²) in [5.74, 6) is 0. The van der Waals surface area contributed by atoms with Crippen LogP contribution in [0.1, 0.15) is 5.56 Å². The molecule has 0 fully saturated rings. The summed E-state index contributed by atoms with van der Waals surface area (Å²) < 4.78 is 26.9. The van der Waals surface area contributed by atoms with Crippen molar-refractivity contribution in [1.82, 2.24) is 3.97 Å². The highest BCUT2D eigenvalue weighted by Crippen LogP contribution is 2.38. The molecule has 0 saturated carbocycles. The number of carbonyl (C=O) groups is 1. The minimum atomic E-state index is -3.93. The van der Waals surface area contributed by atoms with Crippen molar-refractivity contribution < 1.29 is 18.3 Å². The average molecular weight is 399 g/mol. The van der Waals surface area contributed by atoms with Crippen molar-refractivity contribution >= 4 is 55.9 Å². The Morgan fingerprint density at radius 2 is 1.80 bits per heavy atom. The molecular formula is C16H12Cl2N2O4S. The van der Waals surface area contributed by atoms with E-state index >= 15 is 0 Å². The van der Waals surface area contributed by atoms with E-state index in [1.807, 2.05) is 6.92 Å². The summed E-state index contributed by atoms with van der Waals surface area (Å²) >= 11 is 12.3. The van der Waals surface area contributed by atoms with Crippen molar-refractivity contribution in [3.8, 4) is 0 Å². The molecule has 2 aromatic carbocycles. The number of nitrogens with zero attached hydrogens (tertiary/aromatic N) is 1. The maximum atomic E-state index is 12.9. The first-order valence-corrected chi connectivity index (χ1v) is 9.22. The van der Waals surface area contributed by atoms with Gasteiger partial charge in [0.2, 0.25) is 0 Å². The molecule has 6 nitrogen and oxygen atoms in total. The van der Waals surface area contributed by atoms with Crippen LogP contribution in [0.15, 0.2) is 47.5 Å². The maximum Gasteiger partial charge on any atom is 0.409 e. The second-order valence-electron chi connectivity index (χ2n) is 5.34. The number of hydrogen-bond acceptors (Lipinski definition) is 3. The zero-order valence-corrected chi connectivity index (χ0v) is 15.2. The van der Waals surface area contributed by atoms with Crippen molar-refractivity contribution in [2.24, 2.45) is 0 Å². The number of aryl methyl sites for hydroxylation is 1. The minimum absolute atomic E-state index is 0.0216. The monoisotopic (exact) mass is 398 g/mol. The molecule has 0 aliphatic heterocycles. The summed E-state index contributed by atoms with van der Waals surface area (Å²) in [6.07, 6.45) is 0.0172. The number of halogens is 2. The van der Waals surface area contributed by atoms with Gasteiger partial charge in [-0.2, -0.15) is 0 Å². The first-order valence-electron chi connectivity index (χ1n) is 7.03. The van der Waals surface area contributed by atoms with Gasteiger partial charge in [-0.05, 0) is 31.2 Å². The minimum Gasteiger partial charge on any atom is -0.465 e. The largest absolute Gasteiger partial charge is 0.465 e. The molecule has 0 radical (unpaired) electrons. The van der Waals surface area contributed by atoms with Gasteiger partial charge < -0.3 is 5.11 Å². The Morgan fingerprint density at radius 1 is 1.16 bits per heavy atom. The highest BCUT2D eigenvalue weighted by atomic mass is 35.5. The van der Waals surface area contributed by atoms with Crippen LogP contribution >= 0.6 is 23.2 Å². The number of rotatable bonds is 3. The van der Waals surface area contributed by atoms with Crippen LogP contribution in [-0.4, -0.2) is 23.6 Å². The van der Waals surface area contributed by atoms with Gasteiger partial charge in [0.15, 0.2) is 0 Å². The molecule has 0 aliphatic rings. The highest BCUT2D eigenvalue weighted by Gasteiger charge is 2.23. The van der Waals surface area contributed by atoms with Crippen LogP contribution in [0.25, 0.3) is 10.9 Å². The summed E-state index contributed by atoms with van der Waals surface area (Å²) in [5.41, 5.74) is 1.18. The summed E-state index contributed by atoms with van der Waals surface area (Å²) in [4.78, 5) is 11.0. The van der Waals surface area contributed by atoms with E-state index in [4.69, 9.17) is 28.3 Å². The standard InChI is InChI=1S/C16H12Cl2N2O4S/c1-9-2-4-10(5-3-9)25(23,24)20-7-6-11-13(19-16(21)22)8-12(17)14(18)15(11)20/h2-8,19H,1H3,(H,21,22). The fourth-order valence-corrected chi connectivity index (χ4v) is 4.32. The number of benzene rings is 2. The molecule has 0 unspecified atom stereocenters. The number of amides is 1. The summed E-state index contributed by atoms with van der Waals surface area (Å²) in [5, 5.41) is 11.5. The van der Waals surface area contributed by atoms with E-state index in [2.05, 4.69) is 5.32 Å². The molecule has 0 bridgehead atoms. The molecular weight excluding hydrogens is 387 g/mol. The normalized spacial score (nSPS) is 11.6. The first-order chi connectivity index (χ1) is 11.7. The summed E-state index contributed by atoms with van der Waals surface area (Å²) in [6, 6.07) is 9.16. The number of fused-ring (bicyclic) bond motifs is 1. The third-order valence-electron chi connectivity index (χ3n) is 3.65. The van der Waals surface area contributed by atoms with E-state index in [0.29, 0.717) is 5.39 Å². The SMILES string of the molecule is Cc1ccc(S(=O)(=O)n2ccc3c(NC(=O)O)cc(Cl)c(Cl)c32)cc1. The van der Waals surface area contributed by atoms with E-state index < -0.39 is 16.1 Å². The van der Waals surface area contributed by atoms with Gasteiger partial charge in [0.05, 0.1) is 26.1 Å². The summed E-state index contributed by atoms with van der Waals surface area (Å²) in [7, 11) is -3.93. The van der Waals surface area contributed by atoms with Crippen LogP contribution < -0.4 is 5.32 Å². The molecule has 1 heterocycles. The van der Waals surface area contributed by atoms with Crippen molar-refractivity contribution in [3.05, 3.63) is 58.2 Å². The van der Waals surface area contributed by atoms with Gasteiger partial charge in [0, 0.05) is 11.6 Å². The Balaban J connectivity index is 2.29. The average Bonchev–Trinajstić information content (AvgIpc) is 2.98. The molecule has 25 heavy (non-hydrogen) atoms. The number of nitrogens with one attached hydrogen (secondary N) is 1. The molecule has 0 atom stereocenters. The van der Waals surface area contributed by atoms with Crippen LogP contribution in [-0.2, 0) is 10.0 Å². The van der Waals surface area contributed by atoms with Crippen molar-refractivity contribution in [3.63, 3.8) is 0 Å². The lowest BCUT2D eigenvalue weighted by molar-refractivity contribution is 0.210. The molecule has 0 spiro atoms. The Bertz CT molecular complexity index is 1090. The van der Waals surface area contributed by atoms with Gasteiger partial charge in [-0.15, -0.1) is 0 Å². The van der Waals surface area contributed by atoms with Crippen molar-refractivity contribution in [2.75, 3.05) is 5.32 Å². The zero-order chi connectivity index (χ0) is 18.4. The van der Waals surface area contributed by atoms with Crippen LogP contribution in [0.4, 0.5) is 10.5 Å². The molecule has 9 heteroatoms. The predicted octanol–water partition coefficient (Wildman–Crippen LogP) is 4.58. The maximum absolute atomic E-state index is 12.9. The van der Waals surface area contributed by atoms with Crippen LogP contribution in [0.3, 0.4) is 0 Å². The molecule has 3 aromatic rings. The van der Waals surface area contributed by atoms with Gasteiger partial charge in [-0.25, -0.2) is 17.2 Å². The van der Waals surface area contributed by atoms with Crippen molar-refractivity contribution in [1.29, 1.82) is 0 Å². The highest BCUT2D eigenvalue weighted by molar-refractivity contribution is 7.90. The lowest BCUT2D eigenvalue weighted by Crippen LogP contribution is -2.12.